The number of aliphatic carboxylic acids is 1. The zero-order valence-electron chi connectivity index (χ0n) is 9.26. The first-order valence-electron chi connectivity index (χ1n) is 5.29. The molecule has 0 bridgehead atoms. The lowest BCUT2D eigenvalue weighted by Crippen LogP contribution is -2.33. The number of carboxylic acids is 1. The Bertz CT molecular complexity index is 423. The molecule has 5 heteroatoms. The van der Waals surface area contributed by atoms with E-state index in [0.29, 0.717) is 12.1 Å². The molecule has 0 spiro atoms. The second kappa shape index (κ2) is 4.49. The van der Waals surface area contributed by atoms with Gasteiger partial charge in [0.05, 0.1) is 6.54 Å². The largest absolute Gasteiger partial charge is 0.478 e. The lowest BCUT2D eigenvalue weighted by atomic mass is 10.2. The normalized spacial score (nSPS) is 17.2. The standard InChI is InChI=1S/C11H15N3O2/c1-9(11(15)16)2-4-13-6-7-14-5-3-12-10(14)8-13/h2-3,5H,4,6-8H2,1H3,(H,15,16). The summed E-state index contributed by atoms with van der Waals surface area (Å²) in [6, 6.07) is 0. The summed E-state index contributed by atoms with van der Waals surface area (Å²) in [5.74, 6) is 0.200. The highest BCUT2D eigenvalue weighted by Gasteiger charge is 2.15. The van der Waals surface area contributed by atoms with Crippen LogP contribution in [0.15, 0.2) is 24.0 Å². The molecule has 1 aromatic heterocycles. The second-order valence-electron chi connectivity index (χ2n) is 3.96. The van der Waals surface area contributed by atoms with Crippen LogP contribution < -0.4 is 0 Å². The van der Waals surface area contributed by atoms with Crippen molar-refractivity contribution in [3.63, 3.8) is 0 Å². The maximum absolute atomic E-state index is 10.6. The predicted octanol–water partition coefficient (Wildman–Crippen LogP) is 0.730. The summed E-state index contributed by atoms with van der Waals surface area (Å²) in [6.45, 7) is 4.94. The average molecular weight is 221 g/mol. The van der Waals surface area contributed by atoms with Gasteiger partial charge in [-0.25, -0.2) is 9.78 Å². The van der Waals surface area contributed by atoms with Crippen LogP contribution in [-0.4, -0.2) is 38.6 Å². The van der Waals surface area contributed by atoms with E-state index in [1.54, 1.807) is 19.2 Å². The third-order valence-electron chi connectivity index (χ3n) is 2.82. The molecule has 1 N–H and O–H groups in total. The van der Waals surface area contributed by atoms with Gasteiger partial charge in [0.25, 0.3) is 0 Å². The quantitative estimate of drug-likeness (QED) is 0.764. The number of nitrogens with zero attached hydrogens (tertiary/aromatic N) is 3. The number of aromatic nitrogens is 2. The number of rotatable bonds is 3. The summed E-state index contributed by atoms with van der Waals surface area (Å²) in [4.78, 5) is 17.1. The van der Waals surface area contributed by atoms with Crippen LogP contribution in [0.3, 0.4) is 0 Å². The third kappa shape index (κ3) is 2.30. The van der Waals surface area contributed by atoms with E-state index < -0.39 is 5.97 Å². The molecule has 2 rings (SSSR count). The monoisotopic (exact) mass is 221 g/mol. The molecule has 5 nitrogen and oxygen atoms in total. The lowest BCUT2D eigenvalue weighted by Gasteiger charge is -2.26. The molecule has 16 heavy (non-hydrogen) atoms. The molecule has 1 aliphatic rings. The van der Waals surface area contributed by atoms with Crippen LogP contribution in [0.5, 0.6) is 0 Å². The molecule has 1 aromatic rings. The highest BCUT2D eigenvalue weighted by atomic mass is 16.4. The van der Waals surface area contributed by atoms with Gasteiger partial charge in [0.1, 0.15) is 5.82 Å². The predicted molar refractivity (Wildman–Crippen MR) is 58.9 cm³/mol. The first kappa shape index (κ1) is 10.9. The number of carboxylic acid groups (broad SMARTS) is 1. The summed E-state index contributed by atoms with van der Waals surface area (Å²) in [5.41, 5.74) is 0.397. The molecule has 0 aromatic carbocycles. The van der Waals surface area contributed by atoms with Gasteiger partial charge in [-0.3, -0.25) is 4.90 Å². The van der Waals surface area contributed by atoms with Crippen LogP contribution in [0.1, 0.15) is 12.7 Å². The topological polar surface area (TPSA) is 58.4 Å². The Labute approximate surface area is 94.0 Å². The van der Waals surface area contributed by atoms with Crippen molar-refractivity contribution in [2.24, 2.45) is 0 Å². The fourth-order valence-corrected chi connectivity index (χ4v) is 1.73. The van der Waals surface area contributed by atoms with Gasteiger partial charge in [0.2, 0.25) is 0 Å². The molecule has 86 valence electrons. The molecule has 2 heterocycles. The average Bonchev–Trinajstić information content (AvgIpc) is 2.72. The van der Waals surface area contributed by atoms with Gasteiger partial charge in [-0.05, 0) is 6.92 Å². The van der Waals surface area contributed by atoms with Crippen LogP contribution in [0.4, 0.5) is 0 Å². The van der Waals surface area contributed by atoms with Gasteiger partial charge < -0.3 is 9.67 Å². The van der Waals surface area contributed by atoms with E-state index in [-0.39, 0.29) is 0 Å². The maximum atomic E-state index is 10.6. The number of fused-ring (bicyclic) bond motifs is 1. The van der Waals surface area contributed by atoms with E-state index in [1.165, 1.54) is 0 Å². The van der Waals surface area contributed by atoms with Crippen molar-refractivity contribution in [3.8, 4) is 0 Å². The van der Waals surface area contributed by atoms with E-state index in [9.17, 15) is 4.79 Å². The van der Waals surface area contributed by atoms with Crippen LogP contribution >= 0.6 is 0 Å². The van der Waals surface area contributed by atoms with Crippen molar-refractivity contribution in [3.05, 3.63) is 29.9 Å². The molecule has 0 saturated heterocycles. The summed E-state index contributed by atoms with van der Waals surface area (Å²) in [5, 5.41) is 8.73. The molecule has 0 saturated carbocycles. The molecule has 0 amide bonds. The van der Waals surface area contributed by atoms with Crippen molar-refractivity contribution < 1.29 is 9.90 Å². The minimum Gasteiger partial charge on any atom is -0.478 e. The van der Waals surface area contributed by atoms with Gasteiger partial charge in [-0.2, -0.15) is 0 Å². The minimum atomic E-state index is -0.849. The van der Waals surface area contributed by atoms with E-state index in [0.717, 1.165) is 25.5 Å². The molecule has 0 radical (unpaired) electrons. The van der Waals surface area contributed by atoms with Crippen molar-refractivity contribution in [1.82, 2.24) is 14.5 Å². The van der Waals surface area contributed by atoms with Crippen LogP contribution in [0, 0.1) is 0 Å². The molecule has 0 fully saturated rings. The van der Waals surface area contributed by atoms with Gasteiger partial charge in [0, 0.05) is 37.6 Å². The highest BCUT2D eigenvalue weighted by Crippen LogP contribution is 2.10. The van der Waals surface area contributed by atoms with Crippen LogP contribution in [0.25, 0.3) is 0 Å². The van der Waals surface area contributed by atoms with Gasteiger partial charge >= 0.3 is 5.97 Å². The van der Waals surface area contributed by atoms with E-state index in [1.807, 2.05) is 6.20 Å². The molecule has 0 aliphatic carbocycles. The molecule has 0 unspecified atom stereocenters. The van der Waals surface area contributed by atoms with Crippen LogP contribution in [0.2, 0.25) is 0 Å². The van der Waals surface area contributed by atoms with Gasteiger partial charge in [-0.1, -0.05) is 6.08 Å². The highest BCUT2D eigenvalue weighted by molar-refractivity contribution is 5.85. The fourth-order valence-electron chi connectivity index (χ4n) is 1.73. The first-order valence-corrected chi connectivity index (χ1v) is 5.29. The van der Waals surface area contributed by atoms with E-state index in [2.05, 4.69) is 14.5 Å². The molecule has 0 atom stereocenters. The SMILES string of the molecule is CC(=CCN1CCn2ccnc2C1)C(=O)O. The smallest absolute Gasteiger partial charge is 0.330 e. The lowest BCUT2D eigenvalue weighted by molar-refractivity contribution is -0.132. The Balaban J connectivity index is 1.95. The Morgan fingerprint density at radius 1 is 1.62 bits per heavy atom. The summed E-state index contributed by atoms with van der Waals surface area (Å²) >= 11 is 0. The number of hydrogen-bond donors (Lipinski definition) is 1. The van der Waals surface area contributed by atoms with Crippen molar-refractivity contribution >= 4 is 5.97 Å². The molecular weight excluding hydrogens is 206 g/mol. The minimum absolute atomic E-state index is 0.397. The zero-order chi connectivity index (χ0) is 11.5. The molecular formula is C11H15N3O2. The zero-order valence-corrected chi connectivity index (χ0v) is 9.26. The van der Waals surface area contributed by atoms with Crippen molar-refractivity contribution in [2.45, 2.75) is 20.0 Å². The first-order chi connectivity index (χ1) is 7.66. The Hall–Kier alpha value is -1.62. The number of carbonyl (C=O) groups is 1. The Kier molecular flexibility index (Phi) is 3.05. The Morgan fingerprint density at radius 3 is 3.19 bits per heavy atom. The maximum Gasteiger partial charge on any atom is 0.330 e. The third-order valence-corrected chi connectivity index (χ3v) is 2.82. The summed E-state index contributed by atoms with van der Waals surface area (Å²) in [6.07, 6.45) is 5.53. The Morgan fingerprint density at radius 2 is 2.44 bits per heavy atom. The summed E-state index contributed by atoms with van der Waals surface area (Å²) < 4.78 is 2.13. The molecule has 1 aliphatic heterocycles. The van der Waals surface area contributed by atoms with Gasteiger partial charge in [0.15, 0.2) is 0 Å². The van der Waals surface area contributed by atoms with Crippen molar-refractivity contribution in [2.75, 3.05) is 13.1 Å². The van der Waals surface area contributed by atoms with Crippen molar-refractivity contribution in [1.29, 1.82) is 0 Å². The number of hydrogen-bond acceptors (Lipinski definition) is 3. The van der Waals surface area contributed by atoms with Crippen LogP contribution in [-0.2, 0) is 17.9 Å². The summed E-state index contributed by atoms with van der Waals surface area (Å²) in [7, 11) is 0. The second-order valence-corrected chi connectivity index (χ2v) is 3.96. The van der Waals surface area contributed by atoms with E-state index >= 15 is 0 Å². The van der Waals surface area contributed by atoms with Gasteiger partial charge in [-0.15, -0.1) is 0 Å². The number of imidazole rings is 1. The van der Waals surface area contributed by atoms with E-state index in [4.69, 9.17) is 5.11 Å². The fraction of sp³-hybridized carbons (Fsp3) is 0.455.